The monoisotopic (exact) mass is 358 g/mol. The molecule has 0 aliphatic carbocycles. The molecule has 0 unspecified atom stereocenters. The summed E-state index contributed by atoms with van der Waals surface area (Å²) >= 11 is 1.92. The van der Waals surface area contributed by atoms with Gasteiger partial charge in [-0.25, -0.2) is 4.99 Å². The molecule has 1 fully saturated rings. The summed E-state index contributed by atoms with van der Waals surface area (Å²) in [4.78, 5) is 18.9. The molecule has 1 aliphatic heterocycles. The number of carbonyl (C=O) groups is 1. The van der Waals surface area contributed by atoms with Crippen molar-refractivity contribution in [1.82, 2.24) is 9.80 Å². The van der Waals surface area contributed by atoms with Crippen molar-refractivity contribution in [2.45, 2.75) is 0 Å². The first-order chi connectivity index (χ1) is 7.11. The second-order valence-electron chi connectivity index (χ2n) is 3.56. The summed E-state index contributed by atoms with van der Waals surface area (Å²) in [5.74, 6) is 2.63. The van der Waals surface area contributed by atoms with Gasteiger partial charge in [0.15, 0.2) is 5.96 Å². The zero-order valence-electron chi connectivity index (χ0n) is 9.68. The van der Waals surface area contributed by atoms with Gasteiger partial charge in [-0.05, 0) is 0 Å². The highest BCUT2D eigenvalue weighted by atomic mass is 127. The summed E-state index contributed by atoms with van der Waals surface area (Å²) in [7, 11) is 3.43. The van der Waals surface area contributed by atoms with Gasteiger partial charge in [-0.1, -0.05) is 0 Å². The van der Waals surface area contributed by atoms with Crippen molar-refractivity contribution in [2.75, 3.05) is 45.2 Å². The smallest absolute Gasteiger partial charge is 0.243 e. The largest absolute Gasteiger partial charge is 0.370 e. The van der Waals surface area contributed by atoms with Gasteiger partial charge >= 0.3 is 0 Å². The van der Waals surface area contributed by atoms with Crippen molar-refractivity contribution < 1.29 is 4.79 Å². The molecule has 0 aromatic heterocycles. The fraction of sp³-hybridized carbons (Fsp3) is 0.778. The maximum Gasteiger partial charge on any atom is 0.243 e. The second-order valence-corrected chi connectivity index (χ2v) is 4.79. The Kier molecular flexibility index (Phi) is 7.90. The molecule has 0 aromatic rings. The molecule has 1 saturated heterocycles. The molecule has 1 heterocycles. The first kappa shape index (κ1) is 15.8. The predicted molar refractivity (Wildman–Crippen MR) is 79.5 cm³/mol. The molecule has 0 aromatic carbocycles. The van der Waals surface area contributed by atoms with Gasteiger partial charge in [0.25, 0.3) is 0 Å². The number of hydrogen-bond donors (Lipinski definition) is 1. The van der Waals surface area contributed by atoms with Crippen LogP contribution in [0, 0.1) is 0 Å². The van der Waals surface area contributed by atoms with Gasteiger partial charge in [-0.15, -0.1) is 24.0 Å². The lowest BCUT2D eigenvalue weighted by Gasteiger charge is -2.27. The van der Waals surface area contributed by atoms with Crippen LogP contribution in [0.15, 0.2) is 4.99 Å². The number of aliphatic imine (C=N–C) groups is 1. The van der Waals surface area contributed by atoms with Crippen LogP contribution < -0.4 is 5.73 Å². The Bertz CT molecular complexity index is 254. The normalized spacial score (nSPS) is 16.6. The van der Waals surface area contributed by atoms with Crippen LogP contribution in [0.2, 0.25) is 0 Å². The number of rotatable bonds is 2. The number of carbonyl (C=O) groups excluding carboxylic acids is 1. The molecule has 0 bridgehead atoms. The standard InChI is InChI=1S/C9H18N4OS.HI/c1-12(2)8(14)7-11-9(10)13-3-5-15-6-4-13;/h3-7H2,1-2H3,(H2,10,11);1H. The minimum Gasteiger partial charge on any atom is -0.370 e. The maximum atomic E-state index is 11.3. The van der Waals surface area contributed by atoms with E-state index in [-0.39, 0.29) is 36.4 Å². The van der Waals surface area contributed by atoms with E-state index in [9.17, 15) is 4.79 Å². The third-order valence-electron chi connectivity index (χ3n) is 2.21. The van der Waals surface area contributed by atoms with E-state index < -0.39 is 0 Å². The lowest BCUT2D eigenvalue weighted by Crippen LogP contribution is -2.43. The Morgan fingerprint density at radius 1 is 1.44 bits per heavy atom. The molecular formula is C9H19IN4OS. The van der Waals surface area contributed by atoms with E-state index in [2.05, 4.69) is 4.99 Å². The molecule has 0 saturated carbocycles. The van der Waals surface area contributed by atoms with Gasteiger partial charge in [-0.3, -0.25) is 4.79 Å². The Morgan fingerprint density at radius 2 is 2.00 bits per heavy atom. The molecule has 1 rings (SSSR count). The molecule has 0 atom stereocenters. The van der Waals surface area contributed by atoms with Crippen LogP contribution in [0.4, 0.5) is 0 Å². The summed E-state index contributed by atoms with van der Waals surface area (Å²) < 4.78 is 0. The lowest BCUT2D eigenvalue weighted by atomic mass is 10.5. The van der Waals surface area contributed by atoms with E-state index in [1.54, 1.807) is 14.1 Å². The summed E-state index contributed by atoms with van der Waals surface area (Å²) in [6.45, 7) is 1.99. The van der Waals surface area contributed by atoms with Gasteiger partial charge in [0.05, 0.1) is 0 Å². The number of amides is 1. The average Bonchev–Trinajstić information content (AvgIpc) is 2.26. The van der Waals surface area contributed by atoms with Gasteiger partial charge < -0.3 is 15.5 Å². The fourth-order valence-corrected chi connectivity index (χ4v) is 2.09. The van der Waals surface area contributed by atoms with Crippen molar-refractivity contribution in [3.63, 3.8) is 0 Å². The van der Waals surface area contributed by atoms with Gasteiger partial charge in [0.2, 0.25) is 5.91 Å². The van der Waals surface area contributed by atoms with E-state index in [4.69, 9.17) is 5.73 Å². The SMILES string of the molecule is CN(C)C(=O)CN=C(N)N1CCSCC1.I. The van der Waals surface area contributed by atoms with Crippen LogP contribution in [0.1, 0.15) is 0 Å². The maximum absolute atomic E-state index is 11.3. The molecule has 0 spiro atoms. The first-order valence-electron chi connectivity index (χ1n) is 4.94. The van der Waals surface area contributed by atoms with Gasteiger partial charge in [0.1, 0.15) is 6.54 Å². The summed E-state index contributed by atoms with van der Waals surface area (Å²) in [6, 6.07) is 0. The lowest BCUT2D eigenvalue weighted by molar-refractivity contribution is -0.127. The van der Waals surface area contributed by atoms with Crippen LogP contribution >= 0.6 is 35.7 Å². The first-order valence-corrected chi connectivity index (χ1v) is 6.09. The fourth-order valence-electron chi connectivity index (χ4n) is 1.18. The number of halogens is 1. The minimum absolute atomic E-state index is 0. The van der Waals surface area contributed by atoms with E-state index in [1.165, 1.54) is 4.90 Å². The van der Waals surface area contributed by atoms with Crippen molar-refractivity contribution in [1.29, 1.82) is 0 Å². The number of nitrogens with two attached hydrogens (primary N) is 1. The van der Waals surface area contributed by atoms with Crippen LogP contribution in [0.25, 0.3) is 0 Å². The van der Waals surface area contributed by atoms with Gasteiger partial charge in [-0.2, -0.15) is 11.8 Å². The number of guanidine groups is 1. The highest BCUT2D eigenvalue weighted by molar-refractivity contribution is 14.0. The summed E-state index contributed by atoms with van der Waals surface area (Å²) in [6.07, 6.45) is 0. The third kappa shape index (κ3) is 5.24. The predicted octanol–water partition coefficient (Wildman–Crippen LogP) is 0.0561. The van der Waals surface area contributed by atoms with Crippen LogP contribution in [0.3, 0.4) is 0 Å². The third-order valence-corrected chi connectivity index (χ3v) is 3.15. The summed E-state index contributed by atoms with van der Waals surface area (Å²) in [5.41, 5.74) is 5.79. The second kappa shape index (κ2) is 7.99. The van der Waals surface area contributed by atoms with Crippen LogP contribution in [-0.2, 0) is 4.79 Å². The molecule has 2 N–H and O–H groups in total. The molecule has 94 valence electrons. The Balaban J connectivity index is 0.00000225. The van der Waals surface area contributed by atoms with E-state index in [0.29, 0.717) is 5.96 Å². The van der Waals surface area contributed by atoms with Crippen molar-refractivity contribution in [2.24, 2.45) is 10.7 Å². The number of likely N-dealkylation sites (N-methyl/N-ethyl adjacent to an activating group) is 1. The van der Waals surface area contributed by atoms with Crippen molar-refractivity contribution in [3.05, 3.63) is 0 Å². The molecule has 0 radical (unpaired) electrons. The van der Waals surface area contributed by atoms with E-state index in [0.717, 1.165) is 24.6 Å². The van der Waals surface area contributed by atoms with Crippen molar-refractivity contribution in [3.8, 4) is 0 Å². The van der Waals surface area contributed by atoms with Crippen LogP contribution in [0.5, 0.6) is 0 Å². The average molecular weight is 358 g/mol. The molecule has 7 heteroatoms. The van der Waals surface area contributed by atoms with Crippen molar-refractivity contribution >= 4 is 47.6 Å². The molecule has 1 aliphatic rings. The number of thioether (sulfide) groups is 1. The highest BCUT2D eigenvalue weighted by Crippen LogP contribution is 2.08. The quantitative estimate of drug-likeness (QED) is 0.431. The zero-order chi connectivity index (χ0) is 11.3. The molecule has 16 heavy (non-hydrogen) atoms. The topological polar surface area (TPSA) is 61.9 Å². The molecule has 1 amide bonds. The van der Waals surface area contributed by atoms with Crippen LogP contribution in [-0.4, -0.2) is 66.9 Å². The van der Waals surface area contributed by atoms with Gasteiger partial charge in [0, 0.05) is 38.7 Å². The van der Waals surface area contributed by atoms with E-state index in [1.807, 2.05) is 16.7 Å². The molecular weight excluding hydrogens is 339 g/mol. The molecule has 5 nitrogen and oxygen atoms in total. The summed E-state index contributed by atoms with van der Waals surface area (Å²) in [5, 5.41) is 0. The minimum atomic E-state index is -0.0238. The van der Waals surface area contributed by atoms with E-state index >= 15 is 0 Å². The number of hydrogen-bond acceptors (Lipinski definition) is 3. The Morgan fingerprint density at radius 3 is 2.50 bits per heavy atom. The highest BCUT2D eigenvalue weighted by Gasteiger charge is 2.12. The zero-order valence-corrected chi connectivity index (χ0v) is 12.8. The Hall–Kier alpha value is -0.180. The number of nitrogens with zero attached hydrogens (tertiary/aromatic N) is 3. The Labute approximate surface area is 118 Å².